The Kier molecular flexibility index (Phi) is 12.8. The van der Waals surface area contributed by atoms with Gasteiger partial charge in [0.05, 0.1) is 46.2 Å². The molecule has 314 valence electrons. The Balaban J connectivity index is 1.12. The van der Waals surface area contributed by atoms with Crippen molar-refractivity contribution in [3.8, 4) is 0 Å². The van der Waals surface area contributed by atoms with Gasteiger partial charge in [-0.1, -0.05) is 140 Å². The van der Waals surface area contributed by atoms with Gasteiger partial charge in [0.15, 0.2) is 0 Å². The van der Waals surface area contributed by atoms with Crippen LogP contribution < -0.4 is 0 Å². The van der Waals surface area contributed by atoms with E-state index in [1.54, 1.807) is 12.1 Å². The number of hydrogen-bond acceptors (Lipinski definition) is 14. The maximum Gasteiger partial charge on any atom is 0.476 e. The SMILES string of the molecule is O=P1(O[C@@H]2[C@H](OCc3ccccc3)[C@H](OCc3ccccc3)[C@H]3O[P@@](=O)(OCc4ccccc4)O[C@@H]2[C@@H]3OP2(=O)OCc3ccccc3CO2)OCc2ccccc2CO1. The van der Waals surface area contributed by atoms with E-state index in [0.29, 0.717) is 5.56 Å². The van der Waals surface area contributed by atoms with E-state index >= 15 is 0 Å². The summed E-state index contributed by atoms with van der Waals surface area (Å²) in [4.78, 5) is 0. The second kappa shape index (κ2) is 18.4. The molecule has 1 aliphatic carbocycles. The number of phosphoric acid groups is 3. The molecule has 0 spiro atoms. The first-order valence-electron chi connectivity index (χ1n) is 19.5. The molecule has 7 atom stereocenters. The average molecular weight is 877 g/mol. The minimum absolute atomic E-state index is 0.0106. The summed E-state index contributed by atoms with van der Waals surface area (Å²) in [5.41, 5.74) is 5.30. The molecule has 0 radical (unpaired) electrons. The highest BCUT2D eigenvalue weighted by Crippen LogP contribution is 2.65. The van der Waals surface area contributed by atoms with Crippen LogP contribution in [0.5, 0.6) is 0 Å². The van der Waals surface area contributed by atoms with Gasteiger partial charge < -0.3 is 9.47 Å². The first kappa shape index (κ1) is 41.7. The van der Waals surface area contributed by atoms with Crippen LogP contribution in [0, 0.1) is 0 Å². The second-order valence-corrected chi connectivity index (χ2v) is 19.4. The molecule has 0 N–H and O–H groups in total. The van der Waals surface area contributed by atoms with Gasteiger partial charge >= 0.3 is 23.5 Å². The van der Waals surface area contributed by atoms with Gasteiger partial charge in [-0.3, -0.25) is 40.7 Å². The lowest BCUT2D eigenvalue weighted by Crippen LogP contribution is -2.68. The molecule has 1 saturated carbocycles. The largest absolute Gasteiger partial charge is 0.476 e. The van der Waals surface area contributed by atoms with E-state index < -0.39 is 60.1 Å². The van der Waals surface area contributed by atoms with Crippen molar-refractivity contribution in [3.63, 3.8) is 0 Å². The summed E-state index contributed by atoms with van der Waals surface area (Å²) in [6.45, 7) is -0.507. The fraction of sp³-hybridized carbons (Fsp3) is 0.302. The van der Waals surface area contributed by atoms with E-state index in [1.165, 1.54) is 0 Å². The Morgan fingerprint density at radius 1 is 0.400 bits per heavy atom. The quantitative estimate of drug-likeness (QED) is 0.103. The van der Waals surface area contributed by atoms with Crippen molar-refractivity contribution < 1.29 is 63.9 Å². The Labute approximate surface area is 347 Å². The van der Waals surface area contributed by atoms with Crippen molar-refractivity contribution in [2.45, 2.75) is 82.9 Å². The van der Waals surface area contributed by atoms with Crippen LogP contribution in [0.4, 0.5) is 0 Å². The summed E-state index contributed by atoms with van der Waals surface area (Å²) in [5.74, 6) is 0. The number of phosphoric ester groups is 3. The minimum atomic E-state index is -4.57. The zero-order valence-electron chi connectivity index (χ0n) is 32.3. The highest BCUT2D eigenvalue weighted by molar-refractivity contribution is 7.49. The van der Waals surface area contributed by atoms with Gasteiger partial charge in [-0.25, -0.2) is 13.7 Å². The first-order chi connectivity index (χ1) is 29.2. The van der Waals surface area contributed by atoms with Gasteiger partial charge in [-0.05, 0) is 38.9 Å². The second-order valence-electron chi connectivity index (χ2n) is 14.5. The summed E-state index contributed by atoms with van der Waals surface area (Å²) in [7, 11) is -13.5. The molecule has 3 aliphatic heterocycles. The van der Waals surface area contributed by atoms with Gasteiger partial charge in [0.1, 0.15) is 36.6 Å². The summed E-state index contributed by atoms with van der Waals surface area (Å²) in [6.07, 6.45) is -8.29. The molecular weight excluding hydrogens is 833 g/mol. The predicted octanol–water partition coefficient (Wildman–Crippen LogP) is 9.76. The van der Waals surface area contributed by atoms with Gasteiger partial charge in [-0.2, -0.15) is 0 Å². The molecule has 60 heavy (non-hydrogen) atoms. The highest BCUT2D eigenvalue weighted by atomic mass is 31.2. The van der Waals surface area contributed by atoms with Crippen LogP contribution in [0.15, 0.2) is 140 Å². The third-order valence-corrected chi connectivity index (χ3v) is 14.7. The molecule has 0 amide bonds. The van der Waals surface area contributed by atoms with Crippen LogP contribution in [0.2, 0.25) is 0 Å². The van der Waals surface area contributed by atoms with Crippen LogP contribution in [0.3, 0.4) is 0 Å². The van der Waals surface area contributed by atoms with Gasteiger partial charge in [0.25, 0.3) is 0 Å². The van der Waals surface area contributed by atoms with Gasteiger partial charge in [-0.15, -0.1) is 0 Å². The molecule has 3 heterocycles. The lowest BCUT2D eigenvalue weighted by molar-refractivity contribution is -0.260. The molecule has 14 nitrogen and oxygen atoms in total. The molecule has 2 bridgehead atoms. The summed E-state index contributed by atoms with van der Waals surface area (Å²) >= 11 is 0. The zero-order chi connectivity index (χ0) is 41.0. The lowest BCUT2D eigenvalue weighted by atomic mass is 9.84. The van der Waals surface area contributed by atoms with Crippen molar-refractivity contribution in [2.24, 2.45) is 0 Å². The molecule has 9 rings (SSSR count). The Hall–Kier alpha value is -3.65. The highest BCUT2D eigenvalue weighted by Gasteiger charge is 2.65. The molecule has 0 aromatic heterocycles. The van der Waals surface area contributed by atoms with E-state index in [-0.39, 0.29) is 46.2 Å². The number of benzene rings is 5. The van der Waals surface area contributed by atoms with E-state index in [2.05, 4.69) is 0 Å². The molecule has 17 heteroatoms. The molecule has 5 aromatic rings. The van der Waals surface area contributed by atoms with E-state index in [9.17, 15) is 13.7 Å². The average Bonchev–Trinajstić information content (AvgIpc) is 3.56. The van der Waals surface area contributed by atoms with Crippen molar-refractivity contribution in [1.29, 1.82) is 0 Å². The Bertz CT molecular complexity index is 2310. The standard InChI is InChI=1S/C43H43O14P3/c44-58(50-27-34-20-10-11-21-35(34)28-51-58)54-40-38(47-24-31-14-4-1-5-15-31)39(48-25-32-16-6-2-7-17-32)41-42(55-59(45)52-29-36-22-12-13-23-37(36)30-53-59)43(40)57-60(46,56-41)49-26-33-18-8-3-9-19-33/h1-23,38-43H,24-30H2/t38-,39+,40-,41-,42-,43+,60-/m1/s1. The minimum Gasteiger partial charge on any atom is -0.368 e. The normalized spacial score (nSPS) is 28.1. The molecule has 0 unspecified atom stereocenters. The maximum atomic E-state index is 14.8. The van der Waals surface area contributed by atoms with Crippen molar-refractivity contribution in [1.82, 2.24) is 0 Å². The topological polar surface area (TPSA) is 153 Å². The third-order valence-electron chi connectivity index (χ3n) is 10.5. The summed E-state index contributed by atoms with van der Waals surface area (Å²) in [6, 6.07) is 42.5. The zero-order valence-corrected chi connectivity index (χ0v) is 34.9. The fourth-order valence-electron chi connectivity index (χ4n) is 7.39. The van der Waals surface area contributed by atoms with Crippen LogP contribution in [0.25, 0.3) is 0 Å². The number of hydrogen-bond donors (Lipinski definition) is 0. The van der Waals surface area contributed by atoms with E-state index in [0.717, 1.165) is 33.4 Å². The van der Waals surface area contributed by atoms with Crippen LogP contribution >= 0.6 is 23.5 Å². The number of ether oxygens (including phenoxy) is 2. The van der Waals surface area contributed by atoms with E-state index in [4.69, 9.17) is 50.2 Å². The van der Waals surface area contributed by atoms with Crippen LogP contribution in [-0.2, 0) is 110 Å². The lowest BCUT2D eigenvalue weighted by Gasteiger charge is -2.52. The Morgan fingerprint density at radius 2 is 0.750 bits per heavy atom. The predicted molar refractivity (Wildman–Crippen MR) is 216 cm³/mol. The van der Waals surface area contributed by atoms with Crippen LogP contribution in [0.1, 0.15) is 38.9 Å². The maximum absolute atomic E-state index is 14.8. The third kappa shape index (κ3) is 9.69. The van der Waals surface area contributed by atoms with Crippen molar-refractivity contribution >= 4 is 23.5 Å². The van der Waals surface area contributed by atoms with Gasteiger partial charge in [0, 0.05) is 0 Å². The molecule has 4 aliphatic rings. The Morgan fingerprint density at radius 3 is 1.18 bits per heavy atom. The summed E-state index contributed by atoms with van der Waals surface area (Å²) < 4.78 is 113. The smallest absolute Gasteiger partial charge is 0.368 e. The summed E-state index contributed by atoms with van der Waals surface area (Å²) in [5, 5.41) is 0. The van der Waals surface area contributed by atoms with Crippen molar-refractivity contribution in [2.75, 3.05) is 0 Å². The number of rotatable bonds is 13. The monoisotopic (exact) mass is 876 g/mol. The molecule has 5 aromatic carbocycles. The molecule has 1 saturated heterocycles. The fourth-order valence-corrected chi connectivity index (χ4v) is 11.6. The van der Waals surface area contributed by atoms with Gasteiger partial charge in [0.2, 0.25) is 0 Å². The number of fused-ring (bicyclic) bond motifs is 4. The molecule has 2 fully saturated rings. The van der Waals surface area contributed by atoms with E-state index in [1.807, 2.05) is 127 Å². The van der Waals surface area contributed by atoms with Crippen molar-refractivity contribution in [3.05, 3.63) is 178 Å². The van der Waals surface area contributed by atoms with Crippen LogP contribution in [-0.4, -0.2) is 36.6 Å². The first-order valence-corrected chi connectivity index (χ1v) is 23.9. The molecular formula is C43H43O14P3.